The largest absolute Gasteiger partial charge is 0.493 e. The molecule has 0 atom stereocenters. The third-order valence-electron chi connectivity index (χ3n) is 5.05. The van der Waals surface area contributed by atoms with Gasteiger partial charge in [-0.1, -0.05) is 11.6 Å². The van der Waals surface area contributed by atoms with Gasteiger partial charge >= 0.3 is 0 Å². The quantitative estimate of drug-likeness (QED) is 0.206. The van der Waals surface area contributed by atoms with E-state index in [-0.39, 0.29) is 12.2 Å². The fourth-order valence-electron chi connectivity index (χ4n) is 3.32. The zero-order valence-corrected chi connectivity index (χ0v) is 20.3. The lowest BCUT2D eigenvalue weighted by atomic mass is 10.1. The van der Waals surface area contributed by atoms with Crippen LogP contribution in [0.3, 0.4) is 0 Å². The predicted molar refractivity (Wildman–Crippen MR) is 128 cm³/mol. The van der Waals surface area contributed by atoms with Gasteiger partial charge in [0.1, 0.15) is 0 Å². The Morgan fingerprint density at radius 3 is 2.26 bits per heavy atom. The van der Waals surface area contributed by atoms with Crippen molar-refractivity contribution < 1.29 is 29.0 Å². The maximum Gasteiger partial charge on any atom is 0.290 e. The SMILES string of the molecule is COc1cc(-c2nc(C(=O)NCCCCC(=O)NO)nn2-c2ccc(Cl)cc2)cc(OC)c1OC. The molecule has 12 heteroatoms. The average Bonchev–Trinajstić information content (AvgIpc) is 3.33. The number of amides is 2. The number of ether oxygens (including phenoxy) is 3. The van der Waals surface area contributed by atoms with Crippen molar-refractivity contribution in [1.29, 1.82) is 0 Å². The fraction of sp³-hybridized carbons (Fsp3) is 0.304. The molecule has 0 saturated carbocycles. The lowest BCUT2D eigenvalue weighted by Gasteiger charge is -2.14. The Bertz CT molecular complexity index is 1160. The van der Waals surface area contributed by atoms with Crippen molar-refractivity contribution in [2.24, 2.45) is 0 Å². The minimum atomic E-state index is -0.477. The summed E-state index contributed by atoms with van der Waals surface area (Å²) in [5, 5.41) is 16.3. The van der Waals surface area contributed by atoms with Gasteiger partial charge in [0.05, 0.1) is 27.0 Å². The number of nitrogens with zero attached hydrogens (tertiary/aromatic N) is 3. The van der Waals surface area contributed by atoms with E-state index >= 15 is 0 Å². The maximum absolute atomic E-state index is 12.8. The number of rotatable bonds is 11. The summed E-state index contributed by atoms with van der Waals surface area (Å²) in [5.41, 5.74) is 2.79. The molecule has 0 aliphatic heterocycles. The zero-order chi connectivity index (χ0) is 25.4. The van der Waals surface area contributed by atoms with E-state index in [1.54, 1.807) is 41.9 Å². The van der Waals surface area contributed by atoms with E-state index in [2.05, 4.69) is 15.4 Å². The molecule has 0 bridgehead atoms. The maximum atomic E-state index is 12.8. The predicted octanol–water partition coefficient (Wildman–Crippen LogP) is 3.02. The highest BCUT2D eigenvalue weighted by Gasteiger charge is 2.22. The Morgan fingerprint density at radius 2 is 1.69 bits per heavy atom. The van der Waals surface area contributed by atoms with Gasteiger partial charge in [0.2, 0.25) is 17.5 Å². The van der Waals surface area contributed by atoms with Crippen molar-refractivity contribution in [2.75, 3.05) is 27.9 Å². The van der Waals surface area contributed by atoms with Crippen LogP contribution in [0.25, 0.3) is 17.1 Å². The Kier molecular flexibility index (Phi) is 8.87. The first-order valence-electron chi connectivity index (χ1n) is 10.7. The van der Waals surface area contributed by atoms with Crippen LogP contribution in [-0.2, 0) is 4.79 Å². The molecule has 0 saturated heterocycles. The van der Waals surface area contributed by atoms with Crippen molar-refractivity contribution in [2.45, 2.75) is 19.3 Å². The molecule has 3 rings (SSSR count). The number of benzene rings is 2. The third-order valence-corrected chi connectivity index (χ3v) is 5.30. The zero-order valence-electron chi connectivity index (χ0n) is 19.5. The Morgan fingerprint density at radius 1 is 1.03 bits per heavy atom. The van der Waals surface area contributed by atoms with Crippen LogP contribution < -0.4 is 25.0 Å². The van der Waals surface area contributed by atoms with Crippen molar-refractivity contribution in [3.8, 4) is 34.3 Å². The standard InChI is InChI=1S/C23H26ClN5O6/c1-33-17-12-14(13-18(34-2)20(17)35-3)22-26-21(23(31)25-11-5-4-6-19(30)28-32)27-29(22)16-9-7-15(24)8-10-16/h7-10,12-13,32H,4-6,11H2,1-3H3,(H,25,31)(H,28,30). The fourth-order valence-corrected chi connectivity index (χ4v) is 3.44. The number of hydrogen-bond acceptors (Lipinski definition) is 8. The molecule has 0 radical (unpaired) electrons. The van der Waals surface area contributed by atoms with Crippen LogP contribution in [0.5, 0.6) is 17.2 Å². The number of nitrogens with one attached hydrogen (secondary N) is 2. The number of halogens is 1. The number of carbonyl (C=O) groups excluding carboxylic acids is 2. The van der Waals surface area contributed by atoms with Gasteiger partial charge in [-0.2, -0.15) is 0 Å². The summed E-state index contributed by atoms with van der Waals surface area (Å²) in [6, 6.07) is 10.4. The molecule has 0 aliphatic rings. The summed E-state index contributed by atoms with van der Waals surface area (Å²) in [6.07, 6.45) is 1.19. The molecule has 0 aliphatic carbocycles. The van der Waals surface area contributed by atoms with E-state index in [0.717, 1.165) is 0 Å². The van der Waals surface area contributed by atoms with Gasteiger partial charge < -0.3 is 19.5 Å². The molecule has 186 valence electrons. The first-order valence-corrected chi connectivity index (χ1v) is 11.0. The Hall–Kier alpha value is -3.83. The normalized spacial score (nSPS) is 10.5. The van der Waals surface area contributed by atoms with E-state index in [1.165, 1.54) is 26.0 Å². The highest BCUT2D eigenvalue weighted by atomic mass is 35.5. The monoisotopic (exact) mass is 503 g/mol. The molecule has 3 aromatic rings. The molecule has 0 unspecified atom stereocenters. The summed E-state index contributed by atoms with van der Waals surface area (Å²) >= 11 is 6.04. The van der Waals surface area contributed by atoms with E-state index in [9.17, 15) is 9.59 Å². The van der Waals surface area contributed by atoms with Crippen LogP contribution in [0.2, 0.25) is 5.02 Å². The first kappa shape index (κ1) is 25.8. The van der Waals surface area contributed by atoms with E-state index < -0.39 is 11.8 Å². The van der Waals surface area contributed by atoms with Gasteiger partial charge in [-0.3, -0.25) is 14.8 Å². The average molecular weight is 504 g/mol. The van der Waals surface area contributed by atoms with E-state index in [1.807, 2.05) is 0 Å². The summed E-state index contributed by atoms with van der Waals surface area (Å²) in [4.78, 5) is 28.3. The van der Waals surface area contributed by atoms with Gasteiger partial charge in [0.25, 0.3) is 5.91 Å². The van der Waals surface area contributed by atoms with Crippen molar-refractivity contribution in [1.82, 2.24) is 25.6 Å². The van der Waals surface area contributed by atoms with E-state index in [4.69, 9.17) is 31.0 Å². The lowest BCUT2D eigenvalue weighted by molar-refractivity contribution is -0.129. The molecule has 11 nitrogen and oxygen atoms in total. The molecule has 35 heavy (non-hydrogen) atoms. The summed E-state index contributed by atoms with van der Waals surface area (Å²) in [7, 11) is 4.52. The van der Waals surface area contributed by atoms with Crippen LogP contribution >= 0.6 is 11.6 Å². The van der Waals surface area contributed by atoms with Crippen molar-refractivity contribution >= 4 is 23.4 Å². The van der Waals surface area contributed by atoms with E-state index in [0.29, 0.717) is 58.7 Å². The van der Waals surface area contributed by atoms with Crippen molar-refractivity contribution in [3.63, 3.8) is 0 Å². The van der Waals surface area contributed by atoms with Gasteiger partial charge in [0.15, 0.2) is 17.3 Å². The number of hydroxylamine groups is 1. The van der Waals surface area contributed by atoms with Gasteiger partial charge in [-0.25, -0.2) is 15.1 Å². The second-order valence-electron chi connectivity index (χ2n) is 7.31. The third kappa shape index (κ3) is 6.19. The second kappa shape index (κ2) is 12.0. The first-order chi connectivity index (χ1) is 16.9. The number of unbranched alkanes of at least 4 members (excludes halogenated alkanes) is 1. The molecule has 0 spiro atoms. The van der Waals surface area contributed by atoms with Gasteiger partial charge in [0, 0.05) is 23.6 Å². The summed E-state index contributed by atoms with van der Waals surface area (Å²) in [5.74, 6) is 0.640. The summed E-state index contributed by atoms with van der Waals surface area (Å²) < 4.78 is 17.8. The molecular formula is C23H26ClN5O6. The van der Waals surface area contributed by atoms with Gasteiger partial charge in [-0.05, 0) is 49.2 Å². The summed E-state index contributed by atoms with van der Waals surface area (Å²) in [6.45, 7) is 0.312. The van der Waals surface area contributed by atoms with Crippen LogP contribution in [0.15, 0.2) is 36.4 Å². The number of hydrogen-bond donors (Lipinski definition) is 3. The number of aromatic nitrogens is 3. The molecule has 0 fully saturated rings. The molecule has 2 amide bonds. The minimum absolute atomic E-state index is 0.0446. The number of carbonyl (C=O) groups is 2. The van der Waals surface area contributed by atoms with Crippen LogP contribution in [0.4, 0.5) is 0 Å². The lowest BCUT2D eigenvalue weighted by Crippen LogP contribution is -2.26. The molecule has 3 N–H and O–H groups in total. The van der Waals surface area contributed by atoms with Crippen molar-refractivity contribution in [3.05, 3.63) is 47.2 Å². The molecular weight excluding hydrogens is 478 g/mol. The molecule has 1 aromatic heterocycles. The number of methoxy groups -OCH3 is 3. The van der Waals surface area contributed by atoms with Gasteiger partial charge in [-0.15, -0.1) is 5.10 Å². The Balaban J connectivity index is 1.94. The Labute approximate surface area is 206 Å². The highest BCUT2D eigenvalue weighted by Crippen LogP contribution is 2.41. The minimum Gasteiger partial charge on any atom is -0.493 e. The topological polar surface area (TPSA) is 137 Å². The second-order valence-corrected chi connectivity index (χ2v) is 7.75. The van der Waals surface area contributed by atoms with Crippen LogP contribution in [0, 0.1) is 0 Å². The molecule has 1 heterocycles. The van der Waals surface area contributed by atoms with Crippen LogP contribution in [-0.4, -0.2) is 59.7 Å². The molecule has 2 aromatic carbocycles. The van der Waals surface area contributed by atoms with Crippen LogP contribution in [0.1, 0.15) is 29.9 Å². The highest BCUT2D eigenvalue weighted by molar-refractivity contribution is 6.30. The smallest absolute Gasteiger partial charge is 0.290 e.